The fraction of sp³-hybridized carbons (Fsp3) is 0.250. The lowest BCUT2D eigenvalue weighted by Gasteiger charge is -2.48. The third-order valence-corrected chi connectivity index (χ3v) is 5.52. The molecular formula is C24H26. The molecule has 0 unspecified atom stereocenters. The molecule has 3 rings (SSSR count). The molecule has 0 atom stereocenters. The highest BCUT2D eigenvalue weighted by Crippen LogP contribution is 2.53. The molecule has 0 radical (unpaired) electrons. The van der Waals surface area contributed by atoms with Crippen LogP contribution in [0.1, 0.15) is 43.9 Å². The summed E-state index contributed by atoms with van der Waals surface area (Å²) in [5.74, 6) is 0. The second-order valence-electron chi connectivity index (χ2n) is 7.09. The Morgan fingerprint density at radius 3 is 1.08 bits per heavy atom. The van der Waals surface area contributed by atoms with Gasteiger partial charge in [0.2, 0.25) is 0 Å². The Hall–Kier alpha value is -2.34. The Kier molecular flexibility index (Phi) is 4.57. The molecular weight excluding hydrogens is 288 g/mol. The third-order valence-electron chi connectivity index (χ3n) is 5.52. The molecule has 0 saturated heterocycles. The predicted molar refractivity (Wildman–Crippen MR) is 103 cm³/mol. The first-order valence-electron chi connectivity index (χ1n) is 8.79. The molecule has 0 spiro atoms. The van der Waals surface area contributed by atoms with Crippen LogP contribution in [0.2, 0.25) is 0 Å². The molecule has 24 heavy (non-hydrogen) atoms. The van der Waals surface area contributed by atoms with Gasteiger partial charge >= 0.3 is 0 Å². The van der Waals surface area contributed by atoms with Crippen molar-refractivity contribution < 1.29 is 0 Å². The molecule has 122 valence electrons. The zero-order chi connectivity index (χ0) is 17.0. The molecule has 0 heterocycles. The van der Waals surface area contributed by atoms with E-state index in [1.807, 2.05) is 0 Å². The van der Waals surface area contributed by atoms with Gasteiger partial charge in [-0.2, -0.15) is 0 Å². The van der Waals surface area contributed by atoms with Crippen molar-refractivity contribution in [3.8, 4) is 0 Å². The van der Waals surface area contributed by atoms with Crippen molar-refractivity contribution in [2.45, 2.75) is 32.6 Å². The number of hydrogen-bond donors (Lipinski definition) is 0. The van der Waals surface area contributed by atoms with Gasteiger partial charge in [0.15, 0.2) is 0 Å². The van der Waals surface area contributed by atoms with Crippen molar-refractivity contribution in [1.82, 2.24) is 0 Å². The predicted octanol–water partition coefficient (Wildman–Crippen LogP) is 6.46. The molecule has 0 aliphatic rings. The van der Waals surface area contributed by atoms with Gasteiger partial charge in [0.05, 0.1) is 5.41 Å². The van der Waals surface area contributed by atoms with Crippen molar-refractivity contribution in [1.29, 1.82) is 0 Å². The Balaban J connectivity index is 2.42. The summed E-state index contributed by atoms with van der Waals surface area (Å²) in [6.07, 6.45) is 1.09. The Morgan fingerprint density at radius 2 is 0.833 bits per heavy atom. The van der Waals surface area contributed by atoms with Crippen molar-refractivity contribution >= 4 is 0 Å². The van der Waals surface area contributed by atoms with Gasteiger partial charge in [-0.05, 0) is 28.5 Å². The Labute approximate surface area is 146 Å². The van der Waals surface area contributed by atoms with Crippen LogP contribution < -0.4 is 0 Å². The fourth-order valence-electron chi connectivity index (χ4n) is 4.00. The SMILES string of the molecule is CCC(C)(C)C(c1ccccc1)(c1ccccc1)c1ccccc1. The third kappa shape index (κ3) is 2.57. The minimum absolute atomic E-state index is 0.0665. The summed E-state index contributed by atoms with van der Waals surface area (Å²) >= 11 is 0. The fourth-order valence-corrected chi connectivity index (χ4v) is 4.00. The molecule has 0 aliphatic heterocycles. The van der Waals surface area contributed by atoms with E-state index in [9.17, 15) is 0 Å². The van der Waals surface area contributed by atoms with Gasteiger partial charge in [0.25, 0.3) is 0 Å². The normalized spacial score (nSPS) is 12.1. The van der Waals surface area contributed by atoms with E-state index in [1.54, 1.807) is 0 Å². The summed E-state index contributed by atoms with van der Waals surface area (Å²) < 4.78 is 0. The smallest absolute Gasteiger partial charge is 0.0502 e. The average molecular weight is 314 g/mol. The highest BCUT2D eigenvalue weighted by atomic mass is 14.5. The largest absolute Gasteiger partial charge is 0.0648 e. The maximum absolute atomic E-state index is 2.39. The molecule has 0 N–H and O–H groups in total. The molecule has 0 aromatic heterocycles. The number of benzene rings is 3. The lowest BCUT2D eigenvalue weighted by atomic mass is 9.54. The van der Waals surface area contributed by atoms with Crippen LogP contribution in [0.4, 0.5) is 0 Å². The van der Waals surface area contributed by atoms with Crippen LogP contribution in [0.15, 0.2) is 91.0 Å². The van der Waals surface area contributed by atoms with Gasteiger partial charge in [-0.3, -0.25) is 0 Å². The summed E-state index contributed by atoms with van der Waals surface area (Å²) in [5.41, 5.74) is 3.96. The molecule has 0 bridgehead atoms. The number of hydrogen-bond acceptors (Lipinski definition) is 0. The minimum atomic E-state index is -0.175. The summed E-state index contributed by atoms with van der Waals surface area (Å²) in [6.45, 7) is 7.07. The highest BCUT2D eigenvalue weighted by Gasteiger charge is 2.47. The first kappa shape index (κ1) is 16.5. The van der Waals surface area contributed by atoms with Crippen molar-refractivity contribution in [3.63, 3.8) is 0 Å². The zero-order valence-electron chi connectivity index (χ0n) is 14.9. The maximum atomic E-state index is 2.39. The van der Waals surface area contributed by atoms with E-state index in [0.717, 1.165) is 6.42 Å². The molecule has 3 aromatic carbocycles. The Morgan fingerprint density at radius 1 is 0.542 bits per heavy atom. The van der Waals surface area contributed by atoms with E-state index in [0.29, 0.717) is 0 Å². The monoisotopic (exact) mass is 314 g/mol. The Bertz CT molecular complexity index is 658. The maximum Gasteiger partial charge on any atom is 0.0502 e. The minimum Gasteiger partial charge on any atom is -0.0648 e. The second-order valence-corrected chi connectivity index (χ2v) is 7.09. The molecule has 0 amide bonds. The molecule has 0 saturated carbocycles. The van der Waals surface area contributed by atoms with Gasteiger partial charge in [-0.1, -0.05) is 112 Å². The topological polar surface area (TPSA) is 0 Å². The van der Waals surface area contributed by atoms with Crippen molar-refractivity contribution in [2.75, 3.05) is 0 Å². The first-order valence-corrected chi connectivity index (χ1v) is 8.79. The van der Waals surface area contributed by atoms with Gasteiger partial charge in [0.1, 0.15) is 0 Å². The molecule has 0 heteroatoms. The van der Waals surface area contributed by atoms with E-state index >= 15 is 0 Å². The van der Waals surface area contributed by atoms with Gasteiger partial charge in [-0.15, -0.1) is 0 Å². The summed E-state index contributed by atoms with van der Waals surface area (Å²) in [6, 6.07) is 32.9. The van der Waals surface area contributed by atoms with E-state index in [1.165, 1.54) is 16.7 Å². The van der Waals surface area contributed by atoms with E-state index < -0.39 is 0 Å². The molecule has 0 fully saturated rings. The lowest BCUT2D eigenvalue weighted by molar-refractivity contribution is 0.230. The first-order chi connectivity index (χ1) is 11.6. The second kappa shape index (κ2) is 6.65. The van der Waals surface area contributed by atoms with E-state index in [2.05, 4.69) is 112 Å². The summed E-state index contributed by atoms with van der Waals surface area (Å²) in [4.78, 5) is 0. The van der Waals surface area contributed by atoms with E-state index in [4.69, 9.17) is 0 Å². The quantitative estimate of drug-likeness (QED) is 0.474. The van der Waals surface area contributed by atoms with E-state index in [-0.39, 0.29) is 10.8 Å². The van der Waals surface area contributed by atoms with Gasteiger partial charge in [-0.25, -0.2) is 0 Å². The molecule has 0 nitrogen and oxygen atoms in total. The number of rotatable bonds is 5. The van der Waals surface area contributed by atoms with Crippen LogP contribution in [0.25, 0.3) is 0 Å². The lowest BCUT2D eigenvalue weighted by Crippen LogP contribution is -2.43. The van der Waals surface area contributed by atoms with Gasteiger partial charge < -0.3 is 0 Å². The van der Waals surface area contributed by atoms with Crippen LogP contribution in [0.5, 0.6) is 0 Å². The van der Waals surface area contributed by atoms with Crippen molar-refractivity contribution in [3.05, 3.63) is 108 Å². The van der Waals surface area contributed by atoms with Crippen LogP contribution >= 0.6 is 0 Å². The molecule has 3 aromatic rings. The summed E-state index contributed by atoms with van der Waals surface area (Å²) in [5, 5.41) is 0. The summed E-state index contributed by atoms with van der Waals surface area (Å²) in [7, 11) is 0. The zero-order valence-corrected chi connectivity index (χ0v) is 14.9. The van der Waals surface area contributed by atoms with Gasteiger partial charge in [0, 0.05) is 0 Å². The van der Waals surface area contributed by atoms with Crippen LogP contribution in [0, 0.1) is 5.41 Å². The standard InChI is InChI=1S/C24H26/c1-4-23(2,3)24(20-14-8-5-9-15-20,21-16-10-6-11-17-21)22-18-12-7-13-19-22/h5-19H,4H2,1-3H3. The van der Waals surface area contributed by atoms with Crippen LogP contribution in [-0.4, -0.2) is 0 Å². The van der Waals surface area contributed by atoms with Crippen LogP contribution in [0.3, 0.4) is 0 Å². The van der Waals surface area contributed by atoms with Crippen molar-refractivity contribution in [2.24, 2.45) is 5.41 Å². The van der Waals surface area contributed by atoms with Crippen LogP contribution in [-0.2, 0) is 5.41 Å². The highest BCUT2D eigenvalue weighted by molar-refractivity contribution is 5.52. The molecule has 0 aliphatic carbocycles. The average Bonchev–Trinajstić information content (AvgIpc) is 2.65.